The van der Waals surface area contributed by atoms with Crippen LogP contribution in [0.4, 0.5) is 11.4 Å². The number of hydrogen-bond donors (Lipinski definition) is 1. The van der Waals surface area contributed by atoms with E-state index in [1.54, 1.807) is 48.5 Å². The number of nitro groups is 1. The number of nitro benzene ring substituents is 1. The molecule has 1 heterocycles. The van der Waals surface area contributed by atoms with Gasteiger partial charge in [0.25, 0.3) is 17.2 Å². The SMILES string of the molecule is Cc1ccccc1-n1c(=O)/c(=C\c2cccc([N+](=O)[O-])c2)s/c1=C(/C#N)C(=O)Nc1ccccc1. The van der Waals surface area contributed by atoms with Crippen molar-refractivity contribution in [3.8, 4) is 11.8 Å². The summed E-state index contributed by atoms with van der Waals surface area (Å²) in [6.45, 7) is 1.82. The Bertz CT molecular complexity index is 1660. The van der Waals surface area contributed by atoms with Gasteiger partial charge in [0.05, 0.1) is 15.1 Å². The van der Waals surface area contributed by atoms with E-state index in [2.05, 4.69) is 5.32 Å². The van der Waals surface area contributed by atoms with Crippen LogP contribution in [0.5, 0.6) is 0 Å². The quantitative estimate of drug-likeness (QED) is 0.346. The predicted octanol–water partition coefficient (Wildman–Crippen LogP) is 3.26. The van der Waals surface area contributed by atoms with E-state index in [0.717, 1.165) is 16.9 Å². The summed E-state index contributed by atoms with van der Waals surface area (Å²) in [4.78, 5) is 37.2. The molecule has 9 heteroatoms. The summed E-state index contributed by atoms with van der Waals surface area (Å²) in [5.74, 6) is -0.649. The Morgan fingerprint density at radius 2 is 1.80 bits per heavy atom. The first-order chi connectivity index (χ1) is 16.9. The van der Waals surface area contributed by atoms with E-state index < -0.39 is 16.4 Å². The molecule has 0 aliphatic heterocycles. The summed E-state index contributed by atoms with van der Waals surface area (Å²) in [6, 6.07) is 23.7. The number of carbonyl (C=O) groups is 1. The van der Waals surface area contributed by atoms with E-state index in [1.807, 2.05) is 25.1 Å². The number of non-ortho nitro benzene ring substituents is 1. The summed E-state index contributed by atoms with van der Waals surface area (Å²) in [5.41, 5.74) is 1.49. The number of nitriles is 1. The highest BCUT2D eigenvalue weighted by atomic mass is 32.1. The van der Waals surface area contributed by atoms with Gasteiger partial charge in [0.2, 0.25) is 0 Å². The van der Waals surface area contributed by atoms with Crippen molar-refractivity contribution in [3.05, 3.63) is 120 Å². The highest BCUT2D eigenvalue weighted by Gasteiger charge is 2.18. The molecule has 0 fully saturated rings. The first-order valence-electron chi connectivity index (χ1n) is 10.4. The van der Waals surface area contributed by atoms with E-state index in [1.165, 1.54) is 28.8 Å². The van der Waals surface area contributed by atoms with Crippen LogP contribution >= 0.6 is 11.3 Å². The van der Waals surface area contributed by atoms with Crippen LogP contribution in [0.25, 0.3) is 17.3 Å². The second-order valence-corrected chi connectivity index (χ2v) is 8.53. The molecule has 1 N–H and O–H groups in total. The van der Waals surface area contributed by atoms with E-state index in [-0.39, 0.29) is 20.5 Å². The molecular weight excluding hydrogens is 464 g/mol. The zero-order valence-corrected chi connectivity index (χ0v) is 19.3. The summed E-state index contributed by atoms with van der Waals surface area (Å²) in [7, 11) is 0. The largest absolute Gasteiger partial charge is 0.321 e. The standard InChI is InChI=1S/C26H18N4O4S/c1-17-8-5-6-13-22(17)29-25(32)23(15-18-9-7-12-20(14-18)30(33)34)35-26(29)21(16-27)24(31)28-19-10-3-2-4-11-19/h2-15H,1H3,(H,28,31)/b23-15+,26-21-. The van der Waals surface area contributed by atoms with Crippen LogP contribution in [-0.2, 0) is 4.79 Å². The van der Waals surface area contributed by atoms with Crippen LogP contribution in [-0.4, -0.2) is 15.4 Å². The van der Waals surface area contributed by atoms with Crippen molar-refractivity contribution in [2.24, 2.45) is 0 Å². The highest BCUT2D eigenvalue weighted by Crippen LogP contribution is 2.14. The minimum absolute atomic E-state index is 0.110. The van der Waals surface area contributed by atoms with Crippen molar-refractivity contribution < 1.29 is 9.72 Å². The van der Waals surface area contributed by atoms with Crippen molar-refractivity contribution in [1.29, 1.82) is 5.26 Å². The molecule has 1 amide bonds. The van der Waals surface area contributed by atoms with Gasteiger partial charge < -0.3 is 5.32 Å². The Labute approximate surface area is 203 Å². The molecule has 0 spiro atoms. The number of carbonyl (C=O) groups excluding carboxylic acids is 1. The van der Waals surface area contributed by atoms with E-state index in [4.69, 9.17) is 0 Å². The first kappa shape index (κ1) is 23.4. The number of thiazole rings is 1. The number of benzene rings is 3. The molecule has 172 valence electrons. The number of aromatic nitrogens is 1. The van der Waals surface area contributed by atoms with Crippen molar-refractivity contribution in [2.75, 3.05) is 5.32 Å². The summed E-state index contributed by atoms with van der Waals surface area (Å²) >= 11 is 0.975. The fraction of sp³-hybridized carbons (Fsp3) is 0.0385. The number of nitrogens with zero attached hydrogens (tertiary/aromatic N) is 3. The van der Waals surface area contributed by atoms with Crippen molar-refractivity contribution >= 4 is 40.3 Å². The molecule has 0 bridgehead atoms. The van der Waals surface area contributed by atoms with Gasteiger partial charge >= 0.3 is 0 Å². The summed E-state index contributed by atoms with van der Waals surface area (Å²) in [6.07, 6.45) is 1.52. The maximum Gasteiger partial charge on any atom is 0.273 e. The second kappa shape index (κ2) is 9.99. The predicted molar refractivity (Wildman–Crippen MR) is 135 cm³/mol. The van der Waals surface area contributed by atoms with Crippen LogP contribution < -0.4 is 20.1 Å². The zero-order chi connectivity index (χ0) is 24.9. The lowest BCUT2D eigenvalue weighted by molar-refractivity contribution is -0.384. The normalized spacial score (nSPS) is 12.1. The third-order valence-electron chi connectivity index (χ3n) is 5.14. The highest BCUT2D eigenvalue weighted by molar-refractivity contribution is 7.07. The average molecular weight is 483 g/mol. The van der Waals surface area contributed by atoms with Gasteiger partial charge in [-0.25, -0.2) is 0 Å². The maximum atomic E-state index is 13.5. The topological polar surface area (TPSA) is 118 Å². The number of anilines is 1. The van der Waals surface area contributed by atoms with Gasteiger partial charge in [-0.3, -0.25) is 24.3 Å². The molecule has 4 aromatic rings. The molecule has 0 atom stereocenters. The molecule has 3 aromatic carbocycles. The van der Waals surface area contributed by atoms with Gasteiger partial charge in [-0.2, -0.15) is 5.26 Å². The van der Waals surface area contributed by atoms with Crippen LogP contribution in [0.15, 0.2) is 83.7 Å². The lowest BCUT2D eigenvalue weighted by Crippen LogP contribution is -2.32. The minimum Gasteiger partial charge on any atom is -0.321 e. The third-order valence-corrected chi connectivity index (χ3v) is 6.24. The summed E-state index contributed by atoms with van der Waals surface area (Å²) in [5, 5.41) is 23.8. The Kier molecular flexibility index (Phi) is 6.66. The number of para-hydroxylation sites is 2. The molecule has 35 heavy (non-hydrogen) atoms. The van der Waals surface area contributed by atoms with Crippen LogP contribution in [0.3, 0.4) is 0 Å². The van der Waals surface area contributed by atoms with Crippen LogP contribution in [0.2, 0.25) is 0 Å². The van der Waals surface area contributed by atoms with Crippen LogP contribution in [0.1, 0.15) is 11.1 Å². The van der Waals surface area contributed by atoms with Gasteiger partial charge in [-0.15, -0.1) is 11.3 Å². The lowest BCUT2D eigenvalue weighted by Gasteiger charge is -2.08. The molecule has 0 saturated heterocycles. The number of rotatable bonds is 5. The Balaban J connectivity index is 1.99. The van der Waals surface area contributed by atoms with Crippen molar-refractivity contribution in [2.45, 2.75) is 6.92 Å². The fourth-order valence-corrected chi connectivity index (χ4v) is 4.57. The van der Waals surface area contributed by atoms with Crippen molar-refractivity contribution in [3.63, 3.8) is 0 Å². The van der Waals surface area contributed by atoms with Gasteiger partial charge in [0, 0.05) is 17.8 Å². The van der Waals surface area contributed by atoms with Gasteiger partial charge in [0.1, 0.15) is 10.7 Å². The first-order valence-corrected chi connectivity index (χ1v) is 11.3. The molecule has 0 saturated carbocycles. The number of nitrogens with one attached hydrogen (secondary N) is 1. The zero-order valence-electron chi connectivity index (χ0n) is 18.5. The Hall–Kier alpha value is -4.81. The average Bonchev–Trinajstić information content (AvgIpc) is 3.16. The number of aryl methyl sites for hydroxylation is 1. The van der Waals surface area contributed by atoms with Gasteiger partial charge in [-0.1, -0.05) is 48.5 Å². The fourth-order valence-electron chi connectivity index (χ4n) is 3.47. The monoisotopic (exact) mass is 482 g/mol. The van der Waals surface area contributed by atoms with Crippen LogP contribution in [0, 0.1) is 28.4 Å². The van der Waals surface area contributed by atoms with Gasteiger partial charge in [-0.05, 0) is 42.3 Å². The molecule has 0 unspecified atom stereocenters. The number of hydrogen-bond acceptors (Lipinski definition) is 6. The molecule has 1 aromatic heterocycles. The Morgan fingerprint density at radius 3 is 2.49 bits per heavy atom. The van der Waals surface area contributed by atoms with E-state index in [9.17, 15) is 25.0 Å². The maximum absolute atomic E-state index is 13.5. The minimum atomic E-state index is -0.649. The van der Waals surface area contributed by atoms with Gasteiger partial charge in [0.15, 0.2) is 5.57 Å². The third kappa shape index (κ3) is 4.93. The van der Waals surface area contributed by atoms with Crippen molar-refractivity contribution in [1.82, 2.24) is 4.57 Å². The Morgan fingerprint density at radius 1 is 1.09 bits per heavy atom. The lowest BCUT2D eigenvalue weighted by atomic mass is 10.2. The number of amides is 1. The molecule has 8 nitrogen and oxygen atoms in total. The van der Waals surface area contributed by atoms with E-state index in [0.29, 0.717) is 16.9 Å². The molecule has 4 rings (SSSR count). The molecule has 0 aliphatic rings. The molecular formula is C26H18N4O4S. The molecule has 0 aliphatic carbocycles. The second-order valence-electron chi connectivity index (χ2n) is 7.50. The summed E-state index contributed by atoms with van der Waals surface area (Å²) < 4.78 is 1.73. The van der Waals surface area contributed by atoms with E-state index >= 15 is 0 Å². The molecule has 0 radical (unpaired) electrons. The smallest absolute Gasteiger partial charge is 0.273 e.